The number of nitrogens with one attached hydrogen (secondary N) is 1. The quantitative estimate of drug-likeness (QED) is 0.696. The van der Waals surface area contributed by atoms with Crippen LogP contribution in [0.1, 0.15) is 16.7 Å². The van der Waals surface area contributed by atoms with E-state index < -0.39 is 5.69 Å². The molecule has 0 aliphatic rings. The number of aromatic amines is 1. The van der Waals surface area contributed by atoms with Crippen LogP contribution in [0.15, 0.2) is 53.5 Å². The largest absolute Gasteiger partial charge is 0.478 e. The van der Waals surface area contributed by atoms with E-state index in [1.807, 2.05) is 19.1 Å². The molecular weight excluding hydrogens is 366 g/mol. The van der Waals surface area contributed by atoms with Crippen LogP contribution in [-0.4, -0.2) is 16.6 Å². The minimum atomic E-state index is -0.460. The van der Waals surface area contributed by atoms with Crippen LogP contribution in [0, 0.1) is 18.3 Å². The number of halogens is 1. The predicted molar refractivity (Wildman–Crippen MR) is 101 cm³/mol. The van der Waals surface area contributed by atoms with Gasteiger partial charge >= 0.3 is 5.69 Å². The minimum Gasteiger partial charge on any atom is -0.478 e. The maximum Gasteiger partial charge on any atom is 0.347 e. The van der Waals surface area contributed by atoms with Gasteiger partial charge in [-0.1, -0.05) is 17.7 Å². The van der Waals surface area contributed by atoms with Crippen molar-refractivity contribution < 1.29 is 9.47 Å². The van der Waals surface area contributed by atoms with Crippen LogP contribution in [0.25, 0.3) is 0 Å². The van der Waals surface area contributed by atoms with Gasteiger partial charge in [-0.3, -0.25) is 4.98 Å². The van der Waals surface area contributed by atoms with Gasteiger partial charge < -0.3 is 9.47 Å². The van der Waals surface area contributed by atoms with E-state index >= 15 is 0 Å². The molecule has 0 aliphatic carbocycles. The summed E-state index contributed by atoms with van der Waals surface area (Å²) in [6.45, 7) is 2.24. The topological polar surface area (TPSA) is 88.0 Å². The maximum atomic E-state index is 11.1. The van der Waals surface area contributed by atoms with Crippen LogP contribution in [-0.2, 0) is 6.42 Å². The second-order valence-electron chi connectivity index (χ2n) is 5.79. The van der Waals surface area contributed by atoms with Crippen molar-refractivity contribution in [2.24, 2.45) is 0 Å². The molecule has 6 nitrogen and oxygen atoms in total. The Morgan fingerprint density at radius 3 is 2.81 bits per heavy atom. The van der Waals surface area contributed by atoms with Gasteiger partial charge in [0.1, 0.15) is 17.6 Å². The lowest BCUT2D eigenvalue weighted by Gasteiger charge is -2.11. The van der Waals surface area contributed by atoms with Crippen LogP contribution in [0.5, 0.6) is 17.4 Å². The van der Waals surface area contributed by atoms with Crippen molar-refractivity contribution in [1.82, 2.24) is 9.97 Å². The summed E-state index contributed by atoms with van der Waals surface area (Å²) in [6, 6.07) is 14.5. The standard InChI is InChI=1S/C20H16ClN3O3/c1-13-10-16(3-4-17(13)21)27-18-5-2-14(11-15(18)12-22)7-9-26-19-6-8-23-20(25)24-19/h2-6,8,10-11H,7,9H2,1H3,(H,23,24,25). The first-order valence-corrected chi connectivity index (χ1v) is 8.58. The Hall–Kier alpha value is -3.30. The number of aryl methyl sites for hydroxylation is 1. The van der Waals surface area contributed by atoms with Gasteiger partial charge in [-0.15, -0.1) is 0 Å². The molecule has 1 aromatic heterocycles. The molecular formula is C20H16ClN3O3. The normalized spacial score (nSPS) is 10.3. The Bertz CT molecular complexity index is 1060. The smallest absolute Gasteiger partial charge is 0.347 e. The number of H-pyrrole nitrogens is 1. The van der Waals surface area contributed by atoms with Crippen molar-refractivity contribution in [2.45, 2.75) is 13.3 Å². The molecule has 7 heteroatoms. The highest BCUT2D eigenvalue weighted by Gasteiger charge is 2.08. The number of ether oxygens (including phenoxy) is 2. The van der Waals surface area contributed by atoms with Crippen molar-refractivity contribution in [3.8, 4) is 23.4 Å². The first-order chi connectivity index (χ1) is 13.0. The summed E-state index contributed by atoms with van der Waals surface area (Å²) in [5.41, 5.74) is 1.79. The van der Waals surface area contributed by atoms with E-state index in [0.29, 0.717) is 41.0 Å². The highest BCUT2D eigenvalue weighted by atomic mass is 35.5. The lowest BCUT2D eigenvalue weighted by Crippen LogP contribution is -2.11. The minimum absolute atomic E-state index is 0.349. The van der Waals surface area contributed by atoms with Crippen LogP contribution in [0.3, 0.4) is 0 Å². The molecule has 0 radical (unpaired) electrons. The molecule has 0 saturated carbocycles. The van der Waals surface area contributed by atoms with E-state index in [0.717, 1.165) is 11.1 Å². The molecule has 136 valence electrons. The third-order valence-corrected chi connectivity index (χ3v) is 4.24. The average Bonchev–Trinajstić information content (AvgIpc) is 2.66. The summed E-state index contributed by atoms with van der Waals surface area (Å²) >= 11 is 6.02. The number of benzene rings is 2. The van der Waals surface area contributed by atoms with E-state index in [1.165, 1.54) is 6.20 Å². The molecule has 0 amide bonds. The van der Waals surface area contributed by atoms with Crippen molar-refractivity contribution in [3.05, 3.63) is 80.9 Å². The van der Waals surface area contributed by atoms with Gasteiger partial charge in [0.05, 0.1) is 12.2 Å². The van der Waals surface area contributed by atoms with Gasteiger partial charge in [0.15, 0.2) is 5.88 Å². The summed E-state index contributed by atoms with van der Waals surface area (Å²) in [5, 5.41) is 10.1. The van der Waals surface area contributed by atoms with Crippen molar-refractivity contribution >= 4 is 11.6 Å². The zero-order valence-electron chi connectivity index (χ0n) is 14.5. The van der Waals surface area contributed by atoms with E-state index in [2.05, 4.69) is 16.0 Å². The fraction of sp³-hybridized carbons (Fsp3) is 0.150. The zero-order valence-corrected chi connectivity index (χ0v) is 15.3. The van der Waals surface area contributed by atoms with Gasteiger partial charge in [-0.2, -0.15) is 5.26 Å². The first-order valence-electron chi connectivity index (χ1n) is 8.20. The number of rotatable bonds is 6. The van der Waals surface area contributed by atoms with Crippen molar-refractivity contribution in [1.29, 1.82) is 5.26 Å². The predicted octanol–water partition coefficient (Wildman–Crippen LogP) is 4.02. The highest BCUT2D eigenvalue weighted by Crippen LogP contribution is 2.28. The Labute approximate surface area is 161 Å². The van der Waals surface area contributed by atoms with E-state index in [1.54, 1.807) is 30.3 Å². The molecule has 0 aliphatic heterocycles. The molecule has 3 rings (SSSR count). The van der Waals surface area contributed by atoms with E-state index in [4.69, 9.17) is 21.1 Å². The molecule has 0 spiro atoms. The molecule has 27 heavy (non-hydrogen) atoms. The highest BCUT2D eigenvalue weighted by molar-refractivity contribution is 6.31. The second kappa shape index (κ2) is 8.39. The summed E-state index contributed by atoms with van der Waals surface area (Å²) < 4.78 is 11.3. The summed E-state index contributed by atoms with van der Waals surface area (Å²) in [7, 11) is 0. The van der Waals surface area contributed by atoms with Gasteiger partial charge in [-0.05, 0) is 48.4 Å². The molecule has 2 aromatic carbocycles. The second-order valence-corrected chi connectivity index (χ2v) is 6.20. The molecule has 1 heterocycles. The number of hydrogen-bond donors (Lipinski definition) is 1. The Morgan fingerprint density at radius 1 is 1.22 bits per heavy atom. The number of nitrogens with zero attached hydrogens (tertiary/aromatic N) is 2. The first kappa shape index (κ1) is 18.5. The monoisotopic (exact) mass is 381 g/mol. The number of hydrogen-bond acceptors (Lipinski definition) is 5. The van der Waals surface area contributed by atoms with Crippen LogP contribution >= 0.6 is 11.6 Å². The maximum absolute atomic E-state index is 11.1. The Kier molecular flexibility index (Phi) is 5.74. The SMILES string of the molecule is Cc1cc(Oc2ccc(CCOc3ccnc(=O)[nH]3)cc2C#N)ccc1Cl. The van der Waals surface area contributed by atoms with Gasteiger partial charge in [0, 0.05) is 23.7 Å². The summed E-state index contributed by atoms with van der Waals surface area (Å²) in [5.74, 6) is 1.45. The van der Waals surface area contributed by atoms with Gasteiger partial charge in [0.25, 0.3) is 0 Å². The summed E-state index contributed by atoms with van der Waals surface area (Å²) in [4.78, 5) is 17.2. The molecule has 0 bridgehead atoms. The van der Waals surface area contributed by atoms with E-state index in [-0.39, 0.29) is 0 Å². The van der Waals surface area contributed by atoms with Crippen LogP contribution in [0.4, 0.5) is 0 Å². The fourth-order valence-corrected chi connectivity index (χ4v) is 2.55. The van der Waals surface area contributed by atoms with Gasteiger partial charge in [0.2, 0.25) is 0 Å². The molecule has 0 saturated heterocycles. The Morgan fingerprint density at radius 2 is 2.07 bits per heavy atom. The molecule has 0 unspecified atom stereocenters. The summed E-state index contributed by atoms with van der Waals surface area (Å²) in [6.07, 6.45) is 1.95. The lowest BCUT2D eigenvalue weighted by atomic mass is 10.1. The molecule has 1 N–H and O–H groups in total. The van der Waals surface area contributed by atoms with Crippen LogP contribution in [0.2, 0.25) is 5.02 Å². The third-order valence-electron chi connectivity index (χ3n) is 3.82. The number of nitriles is 1. The molecule has 0 atom stereocenters. The van der Waals surface area contributed by atoms with Gasteiger partial charge in [-0.25, -0.2) is 9.78 Å². The average molecular weight is 382 g/mol. The fourth-order valence-electron chi connectivity index (χ4n) is 2.43. The molecule has 3 aromatic rings. The Balaban J connectivity index is 1.67. The third kappa shape index (κ3) is 4.87. The number of aromatic nitrogens is 2. The molecule has 0 fully saturated rings. The lowest BCUT2D eigenvalue weighted by molar-refractivity contribution is 0.308. The van der Waals surface area contributed by atoms with Crippen LogP contribution < -0.4 is 15.2 Å². The van der Waals surface area contributed by atoms with Crippen molar-refractivity contribution in [3.63, 3.8) is 0 Å². The van der Waals surface area contributed by atoms with E-state index in [9.17, 15) is 10.1 Å². The van der Waals surface area contributed by atoms with Crippen molar-refractivity contribution in [2.75, 3.05) is 6.61 Å². The zero-order chi connectivity index (χ0) is 19.2.